The summed E-state index contributed by atoms with van der Waals surface area (Å²) in [6.45, 7) is 10.8. The Hall–Kier alpha value is -5.63. The molecule has 2 aliphatic rings. The summed E-state index contributed by atoms with van der Waals surface area (Å²) in [5.74, 6) is -1.36. The van der Waals surface area contributed by atoms with Gasteiger partial charge in [0.05, 0.1) is 45.4 Å². The van der Waals surface area contributed by atoms with E-state index in [9.17, 15) is 33.6 Å². The molecule has 2 heterocycles. The first kappa shape index (κ1) is 52.0. The van der Waals surface area contributed by atoms with Crippen LogP contribution in [0.4, 0.5) is 0 Å². The van der Waals surface area contributed by atoms with E-state index in [0.29, 0.717) is 39.1 Å². The third-order valence-corrected chi connectivity index (χ3v) is 11.4. The Balaban J connectivity index is 1.63. The largest absolute Gasteiger partial charge is 0.444 e. The topological polar surface area (TPSA) is 196 Å². The number of rotatable bonds is 26. The van der Waals surface area contributed by atoms with E-state index in [1.807, 2.05) is 93.3 Å². The summed E-state index contributed by atoms with van der Waals surface area (Å²) in [5, 5.41) is 8.71. The van der Waals surface area contributed by atoms with Gasteiger partial charge in [0.15, 0.2) is 12.5 Å². The minimum absolute atomic E-state index is 0.0635. The lowest BCUT2D eigenvalue weighted by atomic mass is 9.93. The molecular formula is C49H68N6O10. The van der Waals surface area contributed by atoms with Gasteiger partial charge in [0.2, 0.25) is 29.5 Å². The van der Waals surface area contributed by atoms with Gasteiger partial charge in [-0.3, -0.25) is 43.4 Å². The molecule has 354 valence electrons. The molecule has 0 radical (unpaired) electrons. The molecule has 16 nitrogen and oxygen atoms in total. The molecule has 5 atom stereocenters. The highest BCUT2D eigenvalue weighted by atomic mass is 16.6. The lowest BCUT2D eigenvalue weighted by molar-refractivity contribution is -0.160. The number of carbonyl (C=O) groups is 7. The average molecular weight is 901 g/mol. The van der Waals surface area contributed by atoms with Gasteiger partial charge in [-0.2, -0.15) is 0 Å². The lowest BCUT2D eigenvalue weighted by Gasteiger charge is -2.34. The van der Waals surface area contributed by atoms with Crippen LogP contribution in [0, 0.1) is 24.2 Å². The van der Waals surface area contributed by atoms with Crippen LogP contribution < -0.4 is 16.0 Å². The number of Topliss-reactive ketones (excluding diaryl/α,β-unsaturated/α-hetero) is 1. The van der Waals surface area contributed by atoms with Crippen LogP contribution in [0.5, 0.6) is 0 Å². The minimum atomic E-state index is -1.22. The van der Waals surface area contributed by atoms with E-state index in [2.05, 4.69) is 21.9 Å². The highest BCUT2D eigenvalue weighted by Crippen LogP contribution is 2.30. The molecule has 3 N–H and O–H groups in total. The van der Waals surface area contributed by atoms with Gasteiger partial charge in [-0.25, -0.2) is 0 Å². The number of hydrogen-bond acceptors (Lipinski definition) is 11. The van der Waals surface area contributed by atoms with Gasteiger partial charge < -0.3 is 35.1 Å². The molecular weight excluding hydrogens is 833 g/mol. The normalized spacial score (nSPS) is 17.7. The summed E-state index contributed by atoms with van der Waals surface area (Å²) in [6.07, 6.45) is 5.96. The van der Waals surface area contributed by atoms with E-state index < -0.39 is 66.1 Å². The maximum Gasteiger partial charge on any atom is 0.308 e. The summed E-state index contributed by atoms with van der Waals surface area (Å²) in [4.78, 5) is 101. The fraction of sp³-hybridized carbons (Fsp3) is 0.571. The SMILES string of the molecule is C#CCN(C)C(=O)CCC(=O)OCN(C(=O)CN1CCOCC1)[C@@H](CCc1ccccc1)C(=O)N[C@@H](CC(C)C)C(=O)N[C@@H](Cc1ccccc1)C(=O)N[C@@H](CC(C)C)C(=O)[C@@]1(C)CO1. The highest BCUT2D eigenvalue weighted by Gasteiger charge is 2.50. The number of hydrogen-bond donors (Lipinski definition) is 3. The second kappa shape index (κ2) is 25.8. The van der Waals surface area contributed by atoms with Crippen molar-refractivity contribution in [2.24, 2.45) is 11.8 Å². The number of ether oxygens (including phenoxy) is 3. The van der Waals surface area contributed by atoms with Crippen LogP contribution in [-0.2, 0) is 60.6 Å². The predicted molar refractivity (Wildman–Crippen MR) is 244 cm³/mol. The van der Waals surface area contributed by atoms with E-state index in [-0.39, 0.29) is 75.3 Å². The van der Waals surface area contributed by atoms with E-state index >= 15 is 0 Å². The summed E-state index contributed by atoms with van der Waals surface area (Å²) in [5.41, 5.74) is 0.666. The van der Waals surface area contributed by atoms with Crippen molar-refractivity contribution < 1.29 is 47.8 Å². The third kappa shape index (κ3) is 17.4. The van der Waals surface area contributed by atoms with Crippen molar-refractivity contribution in [2.45, 2.75) is 109 Å². The number of carbonyl (C=O) groups excluding carboxylic acids is 7. The second-order valence-electron chi connectivity index (χ2n) is 17.9. The zero-order valence-corrected chi connectivity index (χ0v) is 38.8. The Morgan fingerprint density at radius 1 is 0.785 bits per heavy atom. The van der Waals surface area contributed by atoms with Gasteiger partial charge in [0.1, 0.15) is 23.7 Å². The molecule has 16 heteroatoms. The molecule has 0 aromatic heterocycles. The molecule has 2 aliphatic heterocycles. The molecule has 0 spiro atoms. The quantitative estimate of drug-likeness (QED) is 0.0544. The van der Waals surface area contributed by atoms with Crippen molar-refractivity contribution in [1.29, 1.82) is 0 Å². The fourth-order valence-corrected chi connectivity index (χ4v) is 7.49. The van der Waals surface area contributed by atoms with E-state index in [1.165, 1.54) is 16.8 Å². The smallest absolute Gasteiger partial charge is 0.308 e. The monoisotopic (exact) mass is 900 g/mol. The molecule has 4 rings (SSSR count). The number of benzene rings is 2. The van der Waals surface area contributed by atoms with E-state index in [4.69, 9.17) is 20.6 Å². The molecule has 2 fully saturated rings. The number of esters is 1. The molecule has 0 aliphatic carbocycles. The van der Waals surface area contributed by atoms with Crippen LogP contribution in [0.15, 0.2) is 60.7 Å². The second-order valence-corrected chi connectivity index (χ2v) is 17.9. The summed E-state index contributed by atoms with van der Waals surface area (Å²) < 4.78 is 16.5. The Morgan fingerprint density at radius 2 is 1.34 bits per heavy atom. The van der Waals surface area contributed by atoms with Crippen molar-refractivity contribution in [3.05, 3.63) is 71.8 Å². The van der Waals surface area contributed by atoms with Gasteiger partial charge in [-0.15, -0.1) is 6.42 Å². The third-order valence-electron chi connectivity index (χ3n) is 11.4. The van der Waals surface area contributed by atoms with Crippen molar-refractivity contribution >= 4 is 41.3 Å². The molecule has 0 unspecified atom stereocenters. The Labute approximate surface area is 383 Å². The predicted octanol–water partition coefficient (Wildman–Crippen LogP) is 2.67. The number of ketones is 1. The number of aryl methyl sites for hydroxylation is 1. The average Bonchev–Trinajstić information content (AvgIpc) is 4.04. The number of morpholine rings is 1. The fourth-order valence-electron chi connectivity index (χ4n) is 7.49. The minimum Gasteiger partial charge on any atom is -0.444 e. The maximum absolute atomic E-state index is 14.8. The van der Waals surface area contributed by atoms with Crippen LogP contribution in [0.25, 0.3) is 0 Å². The van der Waals surface area contributed by atoms with Crippen LogP contribution in [0.1, 0.15) is 77.8 Å². The number of terminal acetylenes is 1. The number of nitrogens with one attached hydrogen (secondary N) is 3. The van der Waals surface area contributed by atoms with Gasteiger partial charge in [-0.05, 0) is 55.6 Å². The van der Waals surface area contributed by atoms with Crippen molar-refractivity contribution in [2.75, 3.05) is 59.8 Å². The van der Waals surface area contributed by atoms with E-state index in [0.717, 1.165) is 11.1 Å². The number of epoxide rings is 1. The number of amides is 5. The first-order chi connectivity index (χ1) is 31.0. The van der Waals surface area contributed by atoms with Gasteiger partial charge >= 0.3 is 5.97 Å². The van der Waals surface area contributed by atoms with E-state index in [1.54, 1.807) is 6.92 Å². The standard InChI is InChI=1S/C49H68N6O10/c1-8-23-53(7)42(56)21-22-44(58)64-33-55(43(57)31-54-24-26-63-27-25-54)41(20-19-36-15-11-9-12-16-36)48(62)52-39(29-35(4)5)46(60)51-40(30-37-17-13-10-14-18-37)47(61)50-38(28-34(2)3)45(59)49(6)32-65-49/h1,9-18,34-35,38-41H,19-33H2,2-7H3,(H,50,61)(H,51,60)(H,52,62)/t38-,39-,40-,41-,49+/m0/s1. The van der Waals surface area contributed by atoms with Crippen LogP contribution in [0.3, 0.4) is 0 Å². The molecule has 2 saturated heterocycles. The molecule has 2 aromatic rings. The van der Waals surface area contributed by atoms with Crippen LogP contribution >= 0.6 is 0 Å². The maximum atomic E-state index is 14.8. The molecule has 5 amide bonds. The molecule has 0 saturated carbocycles. The van der Waals surface area contributed by atoms with Crippen LogP contribution in [-0.4, -0.2) is 146 Å². The Bertz CT molecular complexity index is 1940. The zero-order chi connectivity index (χ0) is 47.5. The summed E-state index contributed by atoms with van der Waals surface area (Å²) in [6, 6.07) is 14.2. The van der Waals surface area contributed by atoms with Crippen molar-refractivity contribution in [3.8, 4) is 12.3 Å². The Morgan fingerprint density at radius 3 is 1.92 bits per heavy atom. The first-order valence-electron chi connectivity index (χ1n) is 22.6. The summed E-state index contributed by atoms with van der Waals surface area (Å²) in [7, 11) is 1.53. The molecule has 2 aromatic carbocycles. The molecule has 65 heavy (non-hydrogen) atoms. The summed E-state index contributed by atoms with van der Waals surface area (Å²) >= 11 is 0. The van der Waals surface area contributed by atoms with Crippen molar-refractivity contribution in [1.82, 2.24) is 30.7 Å². The lowest BCUT2D eigenvalue weighted by Crippen LogP contribution is -2.60. The number of nitrogens with zero attached hydrogens (tertiary/aromatic N) is 3. The van der Waals surface area contributed by atoms with Gasteiger partial charge in [-0.1, -0.05) is 94.3 Å². The Kier molecular flexibility index (Phi) is 20.6. The van der Waals surface area contributed by atoms with Gasteiger partial charge in [0.25, 0.3) is 0 Å². The van der Waals surface area contributed by atoms with Gasteiger partial charge in [0, 0.05) is 33.0 Å². The van der Waals surface area contributed by atoms with Crippen molar-refractivity contribution in [3.63, 3.8) is 0 Å². The van der Waals surface area contributed by atoms with Crippen LogP contribution in [0.2, 0.25) is 0 Å². The zero-order valence-electron chi connectivity index (χ0n) is 38.8. The first-order valence-corrected chi connectivity index (χ1v) is 22.6. The molecule has 0 bridgehead atoms. The highest BCUT2D eigenvalue weighted by molar-refractivity contribution is 5.99.